The summed E-state index contributed by atoms with van der Waals surface area (Å²) in [7, 11) is -4.05. The van der Waals surface area contributed by atoms with Crippen LogP contribution in [0.3, 0.4) is 0 Å². The van der Waals surface area contributed by atoms with Gasteiger partial charge in [0.05, 0.1) is 12.3 Å². The van der Waals surface area contributed by atoms with Gasteiger partial charge >= 0.3 is 0 Å². The van der Waals surface area contributed by atoms with Gasteiger partial charge in [-0.2, -0.15) is 0 Å². The number of hydrogen-bond donors (Lipinski definition) is 2. The Morgan fingerprint density at radius 1 is 1.24 bits per heavy atom. The molecule has 114 valence electrons. The largest absolute Gasteiger partial charge is 0.465 e. The van der Waals surface area contributed by atoms with Crippen molar-refractivity contribution >= 4 is 15.7 Å². The van der Waals surface area contributed by atoms with Crippen molar-refractivity contribution in [2.45, 2.75) is 32.3 Å². The SMILES string of the molecule is Cc1ccc(NS(=O)(=O)c2c(C)oc(C)c2CO)c(F)c1. The molecule has 7 heteroatoms. The molecule has 1 aromatic heterocycles. The highest BCUT2D eigenvalue weighted by molar-refractivity contribution is 7.92. The molecule has 0 unspecified atom stereocenters. The molecule has 5 nitrogen and oxygen atoms in total. The van der Waals surface area contributed by atoms with E-state index in [-0.39, 0.29) is 21.9 Å². The molecule has 0 fully saturated rings. The predicted octanol–water partition coefficient (Wildman–Crippen LogP) is 2.64. The van der Waals surface area contributed by atoms with E-state index in [0.29, 0.717) is 11.3 Å². The van der Waals surface area contributed by atoms with Gasteiger partial charge in [-0.15, -0.1) is 0 Å². The summed E-state index contributed by atoms with van der Waals surface area (Å²) in [5.74, 6) is -0.196. The minimum absolute atomic E-state index is 0.150. The molecule has 1 aromatic carbocycles. The molecular weight excluding hydrogens is 297 g/mol. The van der Waals surface area contributed by atoms with E-state index in [4.69, 9.17) is 4.42 Å². The van der Waals surface area contributed by atoms with Gasteiger partial charge in [-0.1, -0.05) is 6.07 Å². The Kier molecular flexibility index (Phi) is 4.06. The number of anilines is 1. The van der Waals surface area contributed by atoms with Gasteiger partial charge in [0.15, 0.2) is 0 Å². The first-order valence-corrected chi connectivity index (χ1v) is 7.73. The summed E-state index contributed by atoms with van der Waals surface area (Å²) < 4.78 is 46.0. The van der Waals surface area contributed by atoms with Crippen LogP contribution in [-0.2, 0) is 16.6 Å². The van der Waals surface area contributed by atoms with E-state index in [9.17, 15) is 17.9 Å². The first-order chi connectivity index (χ1) is 9.76. The Hall–Kier alpha value is -1.86. The number of aryl methyl sites for hydroxylation is 3. The van der Waals surface area contributed by atoms with Crippen LogP contribution in [0.5, 0.6) is 0 Å². The lowest BCUT2D eigenvalue weighted by Gasteiger charge is -2.10. The fourth-order valence-corrected chi connectivity index (χ4v) is 3.65. The maximum Gasteiger partial charge on any atom is 0.265 e. The standard InChI is InChI=1S/C14H16FNO4S/c1-8-4-5-13(12(15)6-8)16-21(18,19)14-10(3)20-9(2)11(14)7-17/h4-6,16-17H,7H2,1-3H3. The predicted molar refractivity (Wildman–Crippen MR) is 76.1 cm³/mol. The number of hydrogen-bond acceptors (Lipinski definition) is 4. The normalized spacial score (nSPS) is 11.7. The highest BCUT2D eigenvalue weighted by Gasteiger charge is 2.27. The van der Waals surface area contributed by atoms with Crippen molar-refractivity contribution in [3.8, 4) is 0 Å². The second-order valence-corrected chi connectivity index (χ2v) is 6.39. The van der Waals surface area contributed by atoms with Crippen molar-refractivity contribution in [1.82, 2.24) is 0 Å². The third-order valence-corrected chi connectivity index (χ3v) is 4.68. The molecule has 0 aliphatic rings. The molecule has 1 heterocycles. The molecule has 0 saturated heterocycles. The summed E-state index contributed by atoms with van der Waals surface area (Å²) in [6.07, 6.45) is 0. The monoisotopic (exact) mass is 313 g/mol. The van der Waals surface area contributed by atoms with Crippen LogP contribution in [0.1, 0.15) is 22.6 Å². The first-order valence-electron chi connectivity index (χ1n) is 6.25. The quantitative estimate of drug-likeness (QED) is 0.909. The zero-order valence-corrected chi connectivity index (χ0v) is 12.7. The molecule has 2 N–H and O–H groups in total. The summed E-state index contributed by atoms with van der Waals surface area (Å²) in [6, 6.07) is 4.18. The van der Waals surface area contributed by atoms with Crippen molar-refractivity contribution in [3.05, 3.63) is 46.7 Å². The Balaban J connectivity index is 2.48. The van der Waals surface area contributed by atoms with Gasteiger partial charge in [0.2, 0.25) is 0 Å². The number of sulfonamides is 1. The topological polar surface area (TPSA) is 79.5 Å². The molecule has 0 atom stereocenters. The number of furan rings is 1. The second-order valence-electron chi connectivity index (χ2n) is 4.77. The number of halogens is 1. The van der Waals surface area contributed by atoms with Crippen molar-refractivity contribution in [2.24, 2.45) is 0 Å². The molecule has 0 amide bonds. The van der Waals surface area contributed by atoms with Crippen LogP contribution in [-0.4, -0.2) is 13.5 Å². The molecule has 0 bridgehead atoms. The van der Waals surface area contributed by atoms with E-state index in [1.54, 1.807) is 19.9 Å². The highest BCUT2D eigenvalue weighted by atomic mass is 32.2. The molecule has 0 aliphatic carbocycles. The summed E-state index contributed by atoms with van der Waals surface area (Å²) in [6.45, 7) is 4.26. The third-order valence-electron chi connectivity index (χ3n) is 3.12. The fraction of sp³-hybridized carbons (Fsp3) is 0.286. The number of aliphatic hydroxyl groups excluding tert-OH is 1. The summed E-state index contributed by atoms with van der Waals surface area (Å²) in [4.78, 5) is -0.150. The number of rotatable bonds is 4. The minimum atomic E-state index is -4.05. The van der Waals surface area contributed by atoms with Gasteiger partial charge in [-0.05, 0) is 38.5 Å². The molecule has 2 aromatic rings. The zero-order chi connectivity index (χ0) is 15.8. The Morgan fingerprint density at radius 3 is 2.48 bits per heavy atom. The smallest absolute Gasteiger partial charge is 0.265 e. The second kappa shape index (κ2) is 5.50. The lowest BCUT2D eigenvalue weighted by molar-refractivity contribution is 0.276. The maximum atomic E-state index is 13.8. The van der Waals surface area contributed by atoms with Gasteiger partial charge < -0.3 is 9.52 Å². The van der Waals surface area contributed by atoms with Crippen LogP contribution in [0, 0.1) is 26.6 Å². The molecule has 0 radical (unpaired) electrons. The van der Waals surface area contributed by atoms with E-state index >= 15 is 0 Å². The molecule has 0 spiro atoms. The van der Waals surface area contributed by atoms with Gasteiger partial charge in [-0.25, -0.2) is 12.8 Å². The van der Waals surface area contributed by atoms with Crippen LogP contribution in [0.15, 0.2) is 27.5 Å². The van der Waals surface area contributed by atoms with Gasteiger partial charge in [0.25, 0.3) is 10.0 Å². The van der Waals surface area contributed by atoms with E-state index in [0.717, 1.165) is 0 Å². The van der Waals surface area contributed by atoms with Crippen LogP contribution >= 0.6 is 0 Å². The minimum Gasteiger partial charge on any atom is -0.465 e. The Morgan fingerprint density at radius 2 is 1.90 bits per heavy atom. The van der Waals surface area contributed by atoms with Crippen LogP contribution in [0.2, 0.25) is 0 Å². The summed E-state index contributed by atoms with van der Waals surface area (Å²) in [5.41, 5.74) is 0.706. The zero-order valence-electron chi connectivity index (χ0n) is 11.9. The lowest BCUT2D eigenvalue weighted by atomic mass is 10.2. The van der Waals surface area contributed by atoms with Crippen molar-refractivity contribution in [1.29, 1.82) is 0 Å². The van der Waals surface area contributed by atoms with Crippen molar-refractivity contribution in [3.63, 3.8) is 0 Å². The number of aliphatic hydroxyl groups is 1. The lowest BCUT2D eigenvalue weighted by Crippen LogP contribution is -2.16. The Labute approximate surface area is 122 Å². The first kappa shape index (κ1) is 15.5. The summed E-state index contributed by atoms with van der Waals surface area (Å²) in [5, 5.41) is 9.31. The summed E-state index contributed by atoms with van der Waals surface area (Å²) >= 11 is 0. The van der Waals surface area contributed by atoms with E-state index in [1.165, 1.54) is 19.1 Å². The van der Waals surface area contributed by atoms with Crippen LogP contribution in [0.25, 0.3) is 0 Å². The third kappa shape index (κ3) is 2.93. The average Bonchev–Trinajstić information content (AvgIpc) is 2.67. The molecule has 0 aliphatic heterocycles. The number of benzene rings is 1. The maximum absolute atomic E-state index is 13.8. The highest BCUT2D eigenvalue weighted by Crippen LogP contribution is 2.29. The van der Waals surface area contributed by atoms with Crippen molar-refractivity contribution in [2.75, 3.05) is 4.72 Å². The van der Waals surface area contributed by atoms with Gasteiger partial charge in [0, 0.05) is 5.56 Å². The van der Waals surface area contributed by atoms with Gasteiger partial charge in [-0.3, -0.25) is 4.72 Å². The van der Waals surface area contributed by atoms with E-state index in [2.05, 4.69) is 4.72 Å². The average molecular weight is 313 g/mol. The number of nitrogens with one attached hydrogen (secondary N) is 1. The van der Waals surface area contributed by atoms with Crippen molar-refractivity contribution < 1.29 is 22.3 Å². The van der Waals surface area contributed by atoms with E-state index < -0.39 is 22.4 Å². The van der Waals surface area contributed by atoms with Gasteiger partial charge in [0.1, 0.15) is 22.2 Å². The molecule has 0 saturated carbocycles. The Bertz CT molecular complexity index is 781. The fourth-order valence-electron chi connectivity index (χ4n) is 2.14. The molecular formula is C14H16FNO4S. The van der Waals surface area contributed by atoms with Crippen LogP contribution in [0.4, 0.5) is 10.1 Å². The van der Waals surface area contributed by atoms with E-state index in [1.807, 2.05) is 0 Å². The van der Waals surface area contributed by atoms with Crippen LogP contribution < -0.4 is 4.72 Å². The molecule has 2 rings (SSSR count). The molecule has 21 heavy (non-hydrogen) atoms.